The van der Waals surface area contributed by atoms with Gasteiger partial charge in [0.05, 0.1) is 4.92 Å². The molecule has 0 aromatic heterocycles. The number of hydrogen-bond donors (Lipinski definition) is 2. The Hall–Kier alpha value is -1.73. The monoisotopic (exact) mass is 317 g/mol. The summed E-state index contributed by atoms with van der Waals surface area (Å²) in [7, 11) is 0. The first kappa shape index (κ1) is 17.3. The average Bonchev–Trinajstić information content (AvgIpc) is 2.87. The Kier molecular flexibility index (Phi) is 6.04. The van der Waals surface area contributed by atoms with Crippen LogP contribution >= 0.6 is 12.4 Å². The van der Waals surface area contributed by atoms with Crippen molar-refractivity contribution < 1.29 is 14.1 Å². The van der Waals surface area contributed by atoms with Crippen molar-refractivity contribution in [1.29, 1.82) is 0 Å². The SMILES string of the molecule is Cc1cc(F)cc(C(=O)NCC2CCCN2)c1[N+](=O)[O-].Cl. The maximum Gasteiger partial charge on any atom is 0.285 e. The molecule has 1 atom stereocenters. The second kappa shape index (κ2) is 7.33. The number of benzene rings is 1. The van der Waals surface area contributed by atoms with Crippen LogP contribution in [-0.4, -0.2) is 30.0 Å². The highest BCUT2D eigenvalue weighted by Crippen LogP contribution is 2.24. The van der Waals surface area contributed by atoms with E-state index in [2.05, 4.69) is 10.6 Å². The van der Waals surface area contributed by atoms with Gasteiger partial charge < -0.3 is 10.6 Å². The molecule has 1 amide bonds. The van der Waals surface area contributed by atoms with Crippen molar-refractivity contribution >= 4 is 24.0 Å². The molecule has 1 aliphatic rings. The molecule has 0 radical (unpaired) electrons. The lowest BCUT2D eigenvalue weighted by Crippen LogP contribution is -2.37. The summed E-state index contributed by atoms with van der Waals surface area (Å²) in [6, 6.07) is 2.13. The Labute approximate surface area is 127 Å². The van der Waals surface area contributed by atoms with E-state index < -0.39 is 16.6 Å². The Balaban J connectivity index is 0.00000220. The number of rotatable bonds is 4. The van der Waals surface area contributed by atoms with Gasteiger partial charge in [-0.15, -0.1) is 12.4 Å². The fraction of sp³-hybridized carbons (Fsp3) is 0.462. The highest BCUT2D eigenvalue weighted by atomic mass is 35.5. The zero-order valence-corrected chi connectivity index (χ0v) is 12.3. The lowest BCUT2D eigenvalue weighted by molar-refractivity contribution is -0.385. The first-order valence-electron chi connectivity index (χ1n) is 6.45. The van der Waals surface area contributed by atoms with Gasteiger partial charge in [-0.3, -0.25) is 14.9 Å². The Morgan fingerprint density at radius 3 is 2.86 bits per heavy atom. The predicted molar refractivity (Wildman–Crippen MR) is 78.4 cm³/mol. The van der Waals surface area contributed by atoms with Crippen LogP contribution in [0.1, 0.15) is 28.8 Å². The summed E-state index contributed by atoms with van der Waals surface area (Å²) in [4.78, 5) is 22.4. The summed E-state index contributed by atoms with van der Waals surface area (Å²) in [5.74, 6) is -1.27. The lowest BCUT2D eigenvalue weighted by atomic mass is 10.1. The molecule has 21 heavy (non-hydrogen) atoms. The van der Waals surface area contributed by atoms with Crippen LogP contribution in [0.5, 0.6) is 0 Å². The number of nitrogens with zero attached hydrogens (tertiary/aromatic N) is 1. The third-order valence-corrected chi connectivity index (χ3v) is 3.36. The highest BCUT2D eigenvalue weighted by molar-refractivity contribution is 5.98. The minimum atomic E-state index is -0.655. The molecule has 1 heterocycles. The van der Waals surface area contributed by atoms with Crippen LogP contribution in [0.3, 0.4) is 0 Å². The number of aryl methyl sites for hydroxylation is 1. The summed E-state index contributed by atoms with van der Waals surface area (Å²) in [6.45, 7) is 2.70. The molecule has 1 fully saturated rings. The van der Waals surface area contributed by atoms with E-state index in [1.165, 1.54) is 6.92 Å². The van der Waals surface area contributed by atoms with E-state index in [0.717, 1.165) is 31.5 Å². The maximum atomic E-state index is 13.4. The maximum absolute atomic E-state index is 13.4. The molecular formula is C13H17ClFN3O3. The summed E-state index contributed by atoms with van der Waals surface area (Å²) < 4.78 is 13.4. The smallest absolute Gasteiger partial charge is 0.285 e. The molecule has 0 bridgehead atoms. The molecule has 1 aromatic carbocycles. The van der Waals surface area contributed by atoms with Crippen LogP contribution in [0.4, 0.5) is 10.1 Å². The topological polar surface area (TPSA) is 84.3 Å². The molecular weight excluding hydrogens is 301 g/mol. The van der Waals surface area contributed by atoms with Crippen molar-refractivity contribution in [2.75, 3.05) is 13.1 Å². The number of carbonyl (C=O) groups excluding carboxylic acids is 1. The third kappa shape index (κ3) is 4.12. The van der Waals surface area contributed by atoms with Crippen molar-refractivity contribution in [2.45, 2.75) is 25.8 Å². The van der Waals surface area contributed by atoms with Crippen LogP contribution in [0.25, 0.3) is 0 Å². The number of amides is 1. The van der Waals surface area contributed by atoms with Crippen LogP contribution in [-0.2, 0) is 0 Å². The second-order valence-electron chi connectivity index (χ2n) is 4.88. The van der Waals surface area contributed by atoms with Crippen LogP contribution in [0.2, 0.25) is 0 Å². The Morgan fingerprint density at radius 1 is 1.57 bits per heavy atom. The van der Waals surface area contributed by atoms with Gasteiger partial charge >= 0.3 is 0 Å². The average molecular weight is 318 g/mol. The fourth-order valence-electron chi connectivity index (χ4n) is 2.39. The van der Waals surface area contributed by atoms with Gasteiger partial charge in [0, 0.05) is 18.2 Å². The third-order valence-electron chi connectivity index (χ3n) is 3.36. The lowest BCUT2D eigenvalue weighted by Gasteiger charge is -2.12. The minimum Gasteiger partial charge on any atom is -0.350 e. The van der Waals surface area contributed by atoms with Gasteiger partial charge in [-0.05, 0) is 38.4 Å². The van der Waals surface area contributed by atoms with Crippen molar-refractivity contribution in [2.24, 2.45) is 0 Å². The Bertz CT molecular complexity index is 548. The number of carbonyl (C=O) groups is 1. The summed E-state index contributed by atoms with van der Waals surface area (Å²) in [6.07, 6.45) is 1.99. The zero-order valence-electron chi connectivity index (χ0n) is 11.5. The summed E-state index contributed by atoms with van der Waals surface area (Å²) >= 11 is 0. The van der Waals surface area contributed by atoms with E-state index in [1.54, 1.807) is 0 Å². The van der Waals surface area contributed by atoms with Crippen molar-refractivity contribution in [1.82, 2.24) is 10.6 Å². The largest absolute Gasteiger partial charge is 0.350 e. The Morgan fingerprint density at radius 2 is 2.29 bits per heavy atom. The van der Waals surface area contributed by atoms with Crippen LogP contribution in [0, 0.1) is 22.9 Å². The van der Waals surface area contributed by atoms with Gasteiger partial charge in [-0.25, -0.2) is 4.39 Å². The first-order chi connectivity index (χ1) is 9.49. The first-order valence-corrected chi connectivity index (χ1v) is 6.45. The van der Waals surface area contributed by atoms with Crippen LogP contribution in [0.15, 0.2) is 12.1 Å². The van der Waals surface area contributed by atoms with E-state index >= 15 is 0 Å². The quantitative estimate of drug-likeness (QED) is 0.656. The molecule has 2 rings (SSSR count). The minimum absolute atomic E-state index is 0. The standard InChI is InChI=1S/C13H16FN3O3.ClH/c1-8-5-9(14)6-11(12(8)17(19)20)13(18)16-7-10-3-2-4-15-10;/h5-6,10,15H,2-4,7H2,1H3,(H,16,18);1H. The van der Waals surface area contributed by atoms with E-state index in [4.69, 9.17) is 0 Å². The van der Waals surface area contributed by atoms with E-state index in [1.807, 2.05) is 0 Å². The van der Waals surface area contributed by atoms with Gasteiger partial charge in [0.25, 0.3) is 11.6 Å². The molecule has 1 unspecified atom stereocenters. The van der Waals surface area contributed by atoms with Gasteiger partial charge in [0.15, 0.2) is 0 Å². The molecule has 2 N–H and O–H groups in total. The summed E-state index contributed by atoms with van der Waals surface area (Å²) in [5, 5.41) is 16.8. The van der Waals surface area contributed by atoms with E-state index in [9.17, 15) is 19.3 Å². The van der Waals surface area contributed by atoms with Gasteiger partial charge in [0.1, 0.15) is 11.4 Å². The van der Waals surface area contributed by atoms with Gasteiger partial charge in [-0.2, -0.15) is 0 Å². The zero-order chi connectivity index (χ0) is 14.7. The van der Waals surface area contributed by atoms with Gasteiger partial charge in [-0.1, -0.05) is 0 Å². The molecule has 0 spiro atoms. The molecule has 1 saturated heterocycles. The number of nitrogens with one attached hydrogen (secondary N) is 2. The molecule has 1 aliphatic heterocycles. The summed E-state index contributed by atoms with van der Waals surface area (Å²) in [5.41, 5.74) is -0.437. The van der Waals surface area contributed by atoms with Crippen molar-refractivity contribution in [3.05, 3.63) is 39.2 Å². The second-order valence-corrected chi connectivity index (χ2v) is 4.88. The van der Waals surface area contributed by atoms with E-state index in [-0.39, 0.29) is 35.3 Å². The number of hydrogen-bond acceptors (Lipinski definition) is 4. The van der Waals surface area contributed by atoms with Crippen LogP contribution < -0.4 is 10.6 Å². The number of halogens is 2. The van der Waals surface area contributed by atoms with Gasteiger partial charge in [0.2, 0.25) is 0 Å². The molecule has 116 valence electrons. The fourth-order valence-corrected chi connectivity index (χ4v) is 2.39. The van der Waals surface area contributed by atoms with Crippen molar-refractivity contribution in [3.8, 4) is 0 Å². The molecule has 1 aromatic rings. The van der Waals surface area contributed by atoms with E-state index in [0.29, 0.717) is 6.54 Å². The number of nitro benzene ring substituents is 1. The highest BCUT2D eigenvalue weighted by Gasteiger charge is 2.25. The molecule has 8 heteroatoms. The molecule has 0 saturated carbocycles. The predicted octanol–water partition coefficient (Wildman–Crippen LogP) is 1.95. The number of nitro groups is 1. The molecule has 6 nitrogen and oxygen atoms in total. The molecule has 0 aliphatic carbocycles. The normalized spacial score (nSPS) is 17.1. The van der Waals surface area contributed by atoms with Crippen molar-refractivity contribution in [3.63, 3.8) is 0 Å².